The van der Waals surface area contributed by atoms with Crippen LogP contribution in [0.1, 0.15) is 32.6 Å². The Morgan fingerprint density at radius 3 is 2.64 bits per heavy atom. The number of aliphatic hydroxyl groups is 1. The molecule has 0 heterocycles. The standard InChI is InChI=1S/C17H27N3O2/c1-2-18-16(20-14-17(21)10-6-7-11-17)19-12-13-22-15-8-4-3-5-9-15/h3-5,8-9,21H,2,6-7,10-14H2,1H3,(H2,18,19,20). The Morgan fingerprint density at radius 1 is 1.23 bits per heavy atom. The first-order valence-corrected chi connectivity index (χ1v) is 8.14. The molecule has 0 unspecified atom stereocenters. The second-order valence-electron chi connectivity index (χ2n) is 5.71. The average Bonchev–Trinajstić information content (AvgIpc) is 2.97. The van der Waals surface area contributed by atoms with Gasteiger partial charge in [0.25, 0.3) is 0 Å². The molecule has 1 saturated carbocycles. The monoisotopic (exact) mass is 305 g/mol. The quantitative estimate of drug-likeness (QED) is 0.409. The summed E-state index contributed by atoms with van der Waals surface area (Å²) in [4.78, 5) is 4.50. The van der Waals surface area contributed by atoms with Gasteiger partial charge in [-0.2, -0.15) is 0 Å². The van der Waals surface area contributed by atoms with Gasteiger partial charge in [0, 0.05) is 6.54 Å². The molecule has 5 heteroatoms. The second-order valence-corrected chi connectivity index (χ2v) is 5.71. The van der Waals surface area contributed by atoms with E-state index in [2.05, 4.69) is 15.6 Å². The molecular formula is C17H27N3O2. The highest BCUT2D eigenvalue weighted by molar-refractivity contribution is 5.79. The van der Waals surface area contributed by atoms with Crippen molar-refractivity contribution in [2.45, 2.75) is 38.2 Å². The van der Waals surface area contributed by atoms with Gasteiger partial charge in [-0.05, 0) is 31.9 Å². The van der Waals surface area contributed by atoms with E-state index in [9.17, 15) is 5.11 Å². The molecule has 0 bridgehead atoms. The molecule has 0 aliphatic heterocycles. The fraction of sp³-hybridized carbons (Fsp3) is 0.588. The van der Waals surface area contributed by atoms with Gasteiger partial charge < -0.3 is 20.5 Å². The lowest BCUT2D eigenvalue weighted by Gasteiger charge is -2.20. The normalized spacial score (nSPS) is 17.3. The fourth-order valence-electron chi connectivity index (χ4n) is 2.61. The third kappa shape index (κ3) is 5.56. The van der Waals surface area contributed by atoms with Crippen molar-refractivity contribution in [3.63, 3.8) is 0 Å². The summed E-state index contributed by atoms with van der Waals surface area (Å²) in [6.45, 7) is 4.52. The maximum absolute atomic E-state index is 10.3. The summed E-state index contributed by atoms with van der Waals surface area (Å²) in [6.07, 6.45) is 3.90. The molecule has 1 fully saturated rings. The summed E-state index contributed by atoms with van der Waals surface area (Å²) < 4.78 is 5.64. The van der Waals surface area contributed by atoms with Gasteiger partial charge >= 0.3 is 0 Å². The van der Waals surface area contributed by atoms with Gasteiger partial charge in [-0.1, -0.05) is 31.0 Å². The van der Waals surface area contributed by atoms with Crippen LogP contribution in [0, 0.1) is 0 Å². The molecule has 122 valence electrons. The Bertz CT molecular complexity index is 456. The van der Waals surface area contributed by atoms with Crippen molar-refractivity contribution in [1.29, 1.82) is 0 Å². The van der Waals surface area contributed by atoms with Gasteiger partial charge in [-0.25, -0.2) is 0 Å². The summed E-state index contributed by atoms with van der Waals surface area (Å²) in [6, 6.07) is 9.76. The third-order valence-electron chi connectivity index (χ3n) is 3.82. The number of guanidine groups is 1. The number of hydrogen-bond donors (Lipinski definition) is 3. The molecule has 1 aromatic rings. The van der Waals surface area contributed by atoms with E-state index >= 15 is 0 Å². The lowest BCUT2D eigenvalue weighted by Crippen LogP contribution is -2.41. The number of aliphatic imine (C=N–C) groups is 1. The van der Waals surface area contributed by atoms with E-state index in [1.807, 2.05) is 37.3 Å². The number of hydrogen-bond acceptors (Lipinski definition) is 3. The fourth-order valence-corrected chi connectivity index (χ4v) is 2.61. The molecule has 5 nitrogen and oxygen atoms in total. The minimum atomic E-state index is -0.608. The van der Waals surface area contributed by atoms with E-state index < -0.39 is 5.60 Å². The first-order valence-electron chi connectivity index (χ1n) is 8.14. The topological polar surface area (TPSA) is 65.9 Å². The maximum atomic E-state index is 10.3. The Kier molecular flexibility index (Phi) is 6.52. The number of para-hydroxylation sites is 1. The molecule has 2 rings (SSSR count). The van der Waals surface area contributed by atoms with Crippen LogP contribution in [-0.2, 0) is 0 Å². The molecule has 0 amide bonds. The zero-order valence-electron chi connectivity index (χ0n) is 13.3. The predicted molar refractivity (Wildman–Crippen MR) is 89.3 cm³/mol. The molecule has 0 aromatic heterocycles. The van der Waals surface area contributed by atoms with E-state index in [1.54, 1.807) is 0 Å². The highest BCUT2D eigenvalue weighted by Gasteiger charge is 2.30. The average molecular weight is 305 g/mol. The molecule has 0 spiro atoms. The lowest BCUT2D eigenvalue weighted by atomic mass is 10.0. The van der Waals surface area contributed by atoms with E-state index in [1.165, 1.54) is 0 Å². The maximum Gasteiger partial charge on any atom is 0.191 e. The second kappa shape index (κ2) is 8.63. The summed E-state index contributed by atoms with van der Waals surface area (Å²) >= 11 is 0. The van der Waals surface area contributed by atoms with Crippen LogP contribution in [0.3, 0.4) is 0 Å². The van der Waals surface area contributed by atoms with E-state index in [0.717, 1.165) is 43.9 Å². The van der Waals surface area contributed by atoms with Crippen LogP contribution < -0.4 is 15.4 Å². The Morgan fingerprint density at radius 2 is 1.95 bits per heavy atom. The van der Waals surface area contributed by atoms with Gasteiger partial charge in [0.15, 0.2) is 5.96 Å². The van der Waals surface area contributed by atoms with Gasteiger partial charge in [0.2, 0.25) is 0 Å². The van der Waals surface area contributed by atoms with Crippen molar-refractivity contribution >= 4 is 5.96 Å². The lowest BCUT2D eigenvalue weighted by molar-refractivity contribution is 0.0574. The molecule has 1 aliphatic rings. The highest BCUT2D eigenvalue weighted by atomic mass is 16.5. The zero-order valence-corrected chi connectivity index (χ0v) is 13.3. The van der Waals surface area contributed by atoms with Crippen molar-refractivity contribution < 1.29 is 9.84 Å². The smallest absolute Gasteiger partial charge is 0.191 e. The molecule has 0 atom stereocenters. The van der Waals surface area contributed by atoms with E-state index in [-0.39, 0.29) is 0 Å². The molecule has 1 aliphatic carbocycles. The predicted octanol–water partition coefficient (Wildman–Crippen LogP) is 1.93. The zero-order chi connectivity index (χ0) is 15.7. The van der Waals surface area contributed by atoms with E-state index in [0.29, 0.717) is 19.7 Å². The van der Waals surface area contributed by atoms with Crippen molar-refractivity contribution in [1.82, 2.24) is 10.6 Å². The van der Waals surface area contributed by atoms with Crippen molar-refractivity contribution in [2.24, 2.45) is 4.99 Å². The molecule has 0 radical (unpaired) electrons. The van der Waals surface area contributed by atoms with Gasteiger partial charge in [0.05, 0.1) is 18.7 Å². The number of ether oxygens (including phenoxy) is 1. The van der Waals surface area contributed by atoms with Crippen LogP contribution in [0.4, 0.5) is 0 Å². The number of rotatable bonds is 7. The van der Waals surface area contributed by atoms with Crippen molar-refractivity contribution in [2.75, 3.05) is 26.2 Å². The van der Waals surface area contributed by atoms with E-state index in [4.69, 9.17) is 4.74 Å². The summed E-state index contributed by atoms with van der Waals surface area (Å²) in [5.74, 6) is 1.60. The first-order chi connectivity index (χ1) is 10.7. The Labute approximate surface area is 132 Å². The summed E-state index contributed by atoms with van der Waals surface area (Å²) in [5, 5.41) is 16.8. The number of benzene rings is 1. The van der Waals surface area contributed by atoms with Crippen molar-refractivity contribution in [3.8, 4) is 5.75 Å². The van der Waals surface area contributed by atoms with Crippen molar-refractivity contribution in [3.05, 3.63) is 30.3 Å². The highest BCUT2D eigenvalue weighted by Crippen LogP contribution is 2.29. The van der Waals surface area contributed by atoms with Gasteiger partial charge in [0.1, 0.15) is 12.4 Å². The van der Waals surface area contributed by atoms with Gasteiger partial charge in [-0.15, -0.1) is 0 Å². The van der Waals surface area contributed by atoms with Crippen LogP contribution in [0.5, 0.6) is 5.75 Å². The molecule has 22 heavy (non-hydrogen) atoms. The first kappa shape index (κ1) is 16.6. The van der Waals surface area contributed by atoms with Gasteiger partial charge in [-0.3, -0.25) is 4.99 Å². The SMILES string of the molecule is CCNC(=NCC1(O)CCCC1)NCCOc1ccccc1. The summed E-state index contributed by atoms with van der Waals surface area (Å²) in [7, 11) is 0. The Hall–Kier alpha value is -1.75. The van der Waals surface area contributed by atoms with Crippen LogP contribution >= 0.6 is 0 Å². The minimum absolute atomic E-state index is 0.460. The largest absolute Gasteiger partial charge is 0.492 e. The number of nitrogens with one attached hydrogen (secondary N) is 2. The van der Waals surface area contributed by atoms with Crippen LogP contribution in [0.2, 0.25) is 0 Å². The Balaban J connectivity index is 1.73. The molecule has 1 aromatic carbocycles. The molecule has 0 saturated heterocycles. The number of nitrogens with zero attached hydrogens (tertiary/aromatic N) is 1. The third-order valence-corrected chi connectivity index (χ3v) is 3.82. The summed E-state index contributed by atoms with van der Waals surface area (Å²) in [5.41, 5.74) is -0.608. The minimum Gasteiger partial charge on any atom is -0.492 e. The van der Waals surface area contributed by atoms with Crippen LogP contribution in [0.15, 0.2) is 35.3 Å². The molecular weight excluding hydrogens is 278 g/mol. The van der Waals surface area contributed by atoms with Crippen LogP contribution in [0.25, 0.3) is 0 Å². The molecule has 3 N–H and O–H groups in total. The van der Waals surface area contributed by atoms with Crippen LogP contribution in [-0.4, -0.2) is 42.9 Å².